The van der Waals surface area contributed by atoms with Crippen molar-refractivity contribution in [2.75, 3.05) is 13.1 Å². The second kappa shape index (κ2) is 19.8. The first-order valence-corrected chi connectivity index (χ1v) is 16.8. The minimum absolute atomic E-state index is 0.0875. The van der Waals surface area contributed by atoms with Crippen molar-refractivity contribution in [3.05, 3.63) is 71.3 Å². The molecule has 2 aromatic carbocycles. The van der Waals surface area contributed by atoms with Gasteiger partial charge >= 0.3 is 18.2 Å². The molecule has 0 aliphatic heterocycles. The van der Waals surface area contributed by atoms with Gasteiger partial charge < -0.3 is 30.2 Å². The van der Waals surface area contributed by atoms with E-state index in [9.17, 15) is 28.0 Å². The number of esters is 1. The van der Waals surface area contributed by atoms with Gasteiger partial charge in [-0.3, -0.25) is 9.59 Å². The van der Waals surface area contributed by atoms with Gasteiger partial charge in [-0.25, -0.2) is 18.4 Å². The summed E-state index contributed by atoms with van der Waals surface area (Å²) in [5.41, 5.74) is -0.465. The molecule has 0 aromatic heterocycles. The summed E-state index contributed by atoms with van der Waals surface area (Å²) in [5, 5.41) is 8.81. The smallest absolute Gasteiger partial charge is 0.408 e. The number of ether oxygens (including phenoxy) is 3. The average molecular weight is 690 g/mol. The first kappa shape index (κ1) is 41.1. The van der Waals surface area contributed by atoms with Gasteiger partial charge in [0.25, 0.3) is 0 Å². The van der Waals surface area contributed by atoms with Gasteiger partial charge in [-0.05, 0) is 116 Å². The van der Waals surface area contributed by atoms with Gasteiger partial charge in [0.1, 0.15) is 22.8 Å². The Morgan fingerprint density at radius 2 is 1.41 bits per heavy atom. The lowest BCUT2D eigenvalue weighted by molar-refractivity contribution is -0.155. The molecule has 0 bridgehead atoms. The average Bonchev–Trinajstić information content (AvgIpc) is 2.97. The number of hydrogen-bond donors (Lipinski definition) is 3. The summed E-state index contributed by atoms with van der Waals surface area (Å²) in [7, 11) is 0. The highest BCUT2D eigenvalue weighted by Gasteiger charge is 2.33. The lowest BCUT2D eigenvalue weighted by atomic mass is 9.96. The van der Waals surface area contributed by atoms with E-state index in [-0.39, 0.29) is 30.6 Å². The quantitative estimate of drug-likeness (QED) is 0.0909. The number of hydrogen-bond acceptors (Lipinski definition) is 8. The number of amides is 2. The van der Waals surface area contributed by atoms with Gasteiger partial charge in [-0.1, -0.05) is 36.8 Å². The number of carbonyl (C=O) groups excluding carboxylic acids is 4. The van der Waals surface area contributed by atoms with Crippen molar-refractivity contribution in [3.8, 4) is 0 Å². The van der Waals surface area contributed by atoms with Crippen LogP contribution in [0.25, 0.3) is 0 Å². The topological polar surface area (TPSA) is 132 Å². The number of alkyl carbamates (subject to hydrolysis) is 2. The van der Waals surface area contributed by atoms with E-state index in [0.717, 1.165) is 30.2 Å². The van der Waals surface area contributed by atoms with E-state index in [1.54, 1.807) is 41.5 Å². The Hall–Kier alpha value is -4.06. The van der Waals surface area contributed by atoms with Gasteiger partial charge in [-0.2, -0.15) is 0 Å². The molecular formula is C37H53F2N3O7. The first-order chi connectivity index (χ1) is 22.9. The van der Waals surface area contributed by atoms with Crippen LogP contribution in [-0.4, -0.2) is 66.4 Å². The SMILES string of the molecule is CC(=O)O[C@H](C(=O)CCCCCNCCC(Cc1cc(F)ccc1F)NC(=O)OC(C)(C)C)[C@@H](Cc1ccccc1)NC(=O)OC(C)(C)C. The van der Waals surface area contributed by atoms with Gasteiger partial charge in [0.15, 0.2) is 11.9 Å². The fourth-order valence-electron chi connectivity index (χ4n) is 5.05. The number of rotatable bonds is 18. The predicted octanol–water partition coefficient (Wildman–Crippen LogP) is 6.58. The van der Waals surface area contributed by atoms with Crippen molar-refractivity contribution in [3.63, 3.8) is 0 Å². The Labute approximate surface area is 289 Å². The molecule has 3 atom stereocenters. The van der Waals surface area contributed by atoms with Crippen molar-refractivity contribution >= 4 is 23.9 Å². The molecule has 12 heteroatoms. The minimum atomic E-state index is -1.19. The van der Waals surface area contributed by atoms with Crippen LogP contribution in [0.4, 0.5) is 18.4 Å². The molecule has 0 saturated heterocycles. The molecule has 10 nitrogen and oxygen atoms in total. The molecule has 0 aliphatic carbocycles. The van der Waals surface area contributed by atoms with Gasteiger partial charge in [-0.15, -0.1) is 0 Å². The molecule has 49 heavy (non-hydrogen) atoms. The number of ketones is 1. The molecule has 2 rings (SSSR count). The Kier molecular flexibility index (Phi) is 16.6. The van der Waals surface area contributed by atoms with Crippen molar-refractivity contribution in [2.45, 2.75) is 123 Å². The molecule has 3 N–H and O–H groups in total. The zero-order valence-corrected chi connectivity index (χ0v) is 29.8. The normalized spacial score (nSPS) is 13.5. The Balaban J connectivity index is 1.91. The van der Waals surface area contributed by atoms with Crippen molar-refractivity contribution < 1.29 is 42.2 Å². The zero-order chi connectivity index (χ0) is 36.6. The molecule has 272 valence electrons. The van der Waals surface area contributed by atoms with Crippen molar-refractivity contribution in [2.24, 2.45) is 0 Å². The second-order valence-electron chi connectivity index (χ2n) is 14.1. The summed E-state index contributed by atoms with van der Waals surface area (Å²) in [6.07, 6.45) is 0.331. The number of Topliss-reactive ketones (excluding diaryl/α,β-unsaturated/α-hetero) is 1. The highest BCUT2D eigenvalue weighted by molar-refractivity contribution is 5.86. The van der Waals surface area contributed by atoms with Crippen LogP contribution in [0.5, 0.6) is 0 Å². The molecule has 0 saturated carbocycles. The van der Waals surface area contributed by atoms with Crippen molar-refractivity contribution in [1.29, 1.82) is 0 Å². The maximum Gasteiger partial charge on any atom is 0.408 e. The maximum atomic E-state index is 14.3. The molecule has 2 aromatic rings. The third-order valence-corrected chi connectivity index (χ3v) is 7.12. The number of nitrogens with one attached hydrogen (secondary N) is 3. The third-order valence-electron chi connectivity index (χ3n) is 7.12. The standard InChI is InChI=1S/C37H53F2N3O7/c1-25(43)47-33(31(22-26-14-10-8-11-15-26)42-35(46)49-37(5,6)7)32(44)16-12-9-13-20-40-21-19-29(41-34(45)48-36(2,3)4)24-27-23-28(38)17-18-30(27)39/h8,10-11,14-15,17-18,23,29,31,33,40H,9,12-13,16,19-22,24H2,1-7H3,(H,41,45)(H,42,46)/t29?,31-,33+/m1/s1. The van der Waals surface area contributed by atoms with Crippen LogP contribution >= 0.6 is 0 Å². The molecule has 0 spiro atoms. The van der Waals surface area contributed by atoms with E-state index in [1.165, 1.54) is 6.92 Å². The summed E-state index contributed by atoms with van der Waals surface area (Å²) >= 11 is 0. The van der Waals surface area contributed by atoms with Crippen LogP contribution in [0, 0.1) is 11.6 Å². The monoisotopic (exact) mass is 689 g/mol. The Bertz CT molecular complexity index is 1360. The Morgan fingerprint density at radius 1 is 0.776 bits per heavy atom. The highest BCUT2D eigenvalue weighted by Crippen LogP contribution is 2.17. The first-order valence-electron chi connectivity index (χ1n) is 16.8. The lowest BCUT2D eigenvalue weighted by Crippen LogP contribution is -2.51. The largest absolute Gasteiger partial charge is 0.452 e. The molecule has 0 aliphatic rings. The summed E-state index contributed by atoms with van der Waals surface area (Å²) in [5.74, 6) is -2.05. The number of unbranched alkanes of at least 4 members (excludes halogenated alkanes) is 2. The van der Waals surface area contributed by atoms with E-state index in [0.29, 0.717) is 32.4 Å². The van der Waals surface area contributed by atoms with E-state index in [4.69, 9.17) is 14.2 Å². The van der Waals surface area contributed by atoms with Crippen LogP contribution in [0.1, 0.15) is 91.7 Å². The highest BCUT2D eigenvalue weighted by atomic mass is 19.1. The summed E-state index contributed by atoms with van der Waals surface area (Å²) in [6, 6.07) is 11.2. The van der Waals surface area contributed by atoms with Crippen LogP contribution in [0.3, 0.4) is 0 Å². The van der Waals surface area contributed by atoms with Crippen LogP contribution in [-0.2, 0) is 36.6 Å². The summed E-state index contributed by atoms with van der Waals surface area (Å²) in [6.45, 7) is 12.7. The van der Waals surface area contributed by atoms with Crippen LogP contribution in [0.2, 0.25) is 0 Å². The van der Waals surface area contributed by atoms with Gasteiger partial charge in [0.05, 0.1) is 6.04 Å². The number of benzene rings is 2. The molecule has 0 heterocycles. The van der Waals surface area contributed by atoms with Crippen LogP contribution in [0.15, 0.2) is 48.5 Å². The lowest BCUT2D eigenvalue weighted by Gasteiger charge is -2.28. The fraction of sp³-hybridized carbons (Fsp3) is 0.568. The van der Waals surface area contributed by atoms with E-state index in [1.807, 2.05) is 30.3 Å². The Morgan fingerprint density at radius 3 is 2.02 bits per heavy atom. The number of halogens is 2. The van der Waals surface area contributed by atoms with E-state index < -0.39 is 59.2 Å². The summed E-state index contributed by atoms with van der Waals surface area (Å²) < 4.78 is 44.3. The fourth-order valence-corrected chi connectivity index (χ4v) is 5.05. The second-order valence-corrected chi connectivity index (χ2v) is 14.1. The number of carbonyl (C=O) groups is 4. The third kappa shape index (κ3) is 17.8. The predicted molar refractivity (Wildman–Crippen MR) is 183 cm³/mol. The summed E-state index contributed by atoms with van der Waals surface area (Å²) in [4.78, 5) is 50.5. The maximum absolute atomic E-state index is 14.3. The molecule has 2 amide bonds. The van der Waals surface area contributed by atoms with Gasteiger partial charge in [0, 0.05) is 19.4 Å². The zero-order valence-electron chi connectivity index (χ0n) is 29.8. The van der Waals surface area contributed by atoms with Gasteiger partial charge in [0.2, 0.25) is 0 Å². The molecular weight excluding hydrogens is 636 g/mol. The van der Waals surface area contributed by atoms with E-state index >= 15 is 0 Å². The van der Waals surface area contributed by atoms with Crippen LogP contribution < -0.4 is 16.0 Å². The molecule has 0 fully saturated rings. The minimum Gasteiger partial charge on any atom is -0.452 e. The van der Waals surface area contributed by atoms with Crippen molar-refractivity contribution in [1.82, 2.24) is 16.0 Å². The van der Waals surface area contributed by atoms with E-state index in [2.05, 4.69) is 16.0 Å². The molecule has 1 unspecified atom stereocenters. The molecule has 0 radical (unpaired) electrons.